The molecule has 0 unspecified atom stereocenters. The second-order valence-corrected chi connectivity index (χ2v) is 8.19. The molecule has 0 spiro atoms. The molecule has 2 aromatic carbocycles. The van der Waals surface area contributed by atoms with E-state index in [2.05, 4.69) is 4.72 Å². The number of sulfonamides is 1. The summed E-state index contributed by atoms with van der Waals surface area (Å²) in [5.41, 5.74) is 1.92. The second-order valence-electron chi connectivity index (χ2n) is 6.54. The fraction of sp³-hybridized carbons (Fsp3) is 0.278. The molecule has 1 fully saturated rings. The van der Waals surface area contributed by atoms with E-state index in [4.69, 9.17) is 0 Å². The minimum Gasteiger partial charge on any atom is -0.312 e. The topological polar surface area (TPSA) is 66.5 Å². The van der Waals surface area contributed by atoms with E-state index in [1.54, 1.807) is 17.0 Å². The van der Waals surface area contributed by atoms with Crippen LogP contribution in [0.25, 0.3) is 0 Å². The number of carbonyl (C=O) groups is 1. The van der Waals surface area contributed by atoms with Gasteiger partial charge in [0.25, 0.3) is 10.0 Å². The number of nitrogens with zero attached hydrogens (tertiary/aromatic N) is 1. The van der Waals surface area contributed by atoms with Gasteiger partial charge in [-0.3, -0.25) is 9.52 Å². The number of halogens is 2. The van der Waals surface area contributed by atoms with Gasteiger partial charge in [-0.1, -0.05) is 0 Å². The van der Waals surface area contributed by atoms with Crippen molar-refractivity contribution in [3.63, 3.8) is 0 Å². The standard InChI is InChI=1S/C18H16F2N2O3S/c19-13-3-6-17(15(20)10-13)26(24,25)21-14-4-5-16-12(9-14)7-8-22(16)18(23)11-1-2-11/h3-6,9-11,21H,1-2,7-8H2. The Kier molecular flexibility index (Phi) is 3.95. The highest BCUT2D eigenvalue weighted by molar-refractivity contribution is 7.92. The van der Waals surface area contributed by atoms with Crippen LogP contribution >= 0.6 is 0 Å². The van der Waals surface area contributed by atoms with E-state index in [0.717, 1.165) is 36.2 Å². The second kappa shape index (κ2) is 6.05. The number of fused-ring (bicyclic) bond motifs is 1. The van der Waals surface area contributed by atoms with Gasteiger partial charge in [0, 0.05) is 29.9 Å². The molecular formula is C18H16F2N2O3S. The zero-order valence-electron chi connectivity index (χ0n) is 13.7. The van der Waals surface area contributed by atoms with Crippen LogP contribution in [-0.4, -0.2) is 20.9 Å². The van der Waals surface area contributed by atoms with Crippen molar-refractivity contribution in [3.05, 3.63) is 53.6 Å². The lowest BCUT2D eigenvalue weighted by Gasteiger charge is -2.17. The van der Waals surface area contributed by atoms with Gasteiger partial charge in [0.1, 0.15) is 16.5 Å². The summed E-state index contributed by atoms with van der Waals surface area (Å²) in [6, 6.07) is 7.18. The predicted molar refractivity (Wildman–Crippen MR) is 92.4 cm³/mol. The Bertz CT molecular complexity index is 1000. The minimum atomic E-state index is -4.18. The SMILES string of the molecule is O=C(C1CC1)N1CCc2cc(NS(=O)(=O)c3ccc(F)cc3F)ccc21. The van der Waals surface area contributed by atoms with Crippen molar-refractivity contribution in [1.29, 1.82) is 0 Å². The van der Waals surface area contributed by atoms with Crippen LogP contribution in [0.1, 0.15) is 18.4 Å². The first-order chi connectivity index (χ1) is 12.3. The fourth-order valence-electron chi connectivity index (χ4n) is 3.15. The third-order valence-corrected chi connectivity index (χ3v) is 6.02. The summed E-state index contributed by atoms with van der Waals surface area (Å²) in [5.74, 6) is -1.77. The van der Waals surface area contributed by atoms with E-state index in [9.17, 15) is 22.0 Å². The van der Waals surface area contributed by atoms with Gasteiger partial charge < -0.3 is 4.90 Å². The molecule has 0 bridgehead atoms. The molecular weight excluding hydrogens is 362 g/mol. The van der Waals surface area contributed by atoms with Crippen LogP contribution in [0.4, 0.5) is 20.2 Å². The highest BCUT2D eigenvalue weighted by Gasteiger charge is 2.36. The first-order valence-electron chi connectivity index (χ1n) is 8.27. The van der Waals surface area contributed by atoms with Crippen molar-refractivity contribution < 1.29 is 22.0 Å². The normalized spacial score (nSPS) is 16.5. The molecule has 0 saturated heterocycles. The van der Waals surface area contributed by atoms with Crippen LogP contribution in [-0.2, 0) is 21.2 Å². The summed E-state index contributed by atoms with van der Waals surface area (Å²) >= 11 is 0. The summed E-state index contributed by atoms with van der Waals surface area (Å²) in [4.78, 5) is 13.4. The van der Waals surface area contributed by atoms with Gasteiger partial charge in [-0.05, 0) is 55.2 Å². The van der Waals surface area contributed by atoms with Gasteiger partial charge in [-0.2, -0.15) is 0 Å². The van der Waals surface area contributed by atoms with E-state index in [-0.39, 0.29) is 17.5 Å². The molecule has 1 aliphatic carbocycles. The summed E-state index contributed by atoms with van der Waals surface area (Å²) in [5, 5.41) is 0. The van der Waals surface area contributed by atoms with Gasteiger partial charge in [0.15, 0.2) is 0 Å². The van der Waals surface area contributed by atoms with E-state index in [0.29, 0.717) is 19.0 Å². The molecule has 1 amide bonds. The lowest BCUT2D eigenvalue weighted by molar-refractivity contribution is -0.119. The minimum absolute atomic E-state index is 0.112. The van der Waals surface area contributed by atoms with Gasteiger partial charge in [0.05, 0.1) is 0 Å². The highest BCUT2D eigenvalue weighted by Crippen LogP contribution is 2.37. The average Bonchev–Trinajstić information content (AvgIpc) is 3.33. The Balaban J connectivity index is 1.59. The van der Waals surface area contributed by atoms with Crippen molar-refractivity contribution in [2.24, 2.45) is 5.92 Å². The van der Waals surface area contributed by atoms with Crippen LogP contribution < -0.4 is 9.62 Å². The summed E-state index contributed by atoms with van der Waals surface area (Å²) < 4.78 is 53.8. The third-order valence-electron chi connectivity index (χ3n) is 4.60. The fourth-order valence-corrected chi connectivity index (χ4v) is 4.26. The van der Waals surface area contributed by atoms with Crippen LogP contribution in [0.2, 0.25) is 0 Å². The lowest BCUT2D eigenvalue weighted by atomic mass is 10.1. The Labute approximate surface area is 149 Å². The number of nitrogens with one attached hydrogen (secondary N) is 1. The molecule has 1 aliphatic heterocycles. The van der Waals surface area contributed by atoms with E-state index in [1.165, 1.54) is 6.07 Å². The first kappa shape index (κ1) is 17.0. The molecule has 26 heavy (non-hydrogen) atoms. The summed E-state index contributed by atoms with van der Waals surface area (Å²) in [7, 11) is -4.18. The monoisotopic (exact) mass is 378 g/mol. The molecule has 136 valence electrons. The molecule has 2 aliphatic rings. The molecule has 8 heteroatoms. The van der Waals surface area contributed by atoms with Gasteiger partial charge in [-0.25, -0.2) is 17.2 Å². The summed E-state index contributed by atoms with van der Waals surface area (Å²) in [6.07, 6.45) is 2.48. The maximum atomic E-state index is 13.8. The van der Waals surface area contributed by atoms with Crippen LogP contribution in [0.15, 0.2) is 41.3 Å². The quantitative estimate of drug-likeness (QED) is 0.889. The molecule has 5 nitrogen and oxygen atoms in total. The Morgan fingerprint density at radius 2 is 1.88 bits per heavy atom. The molecule has 0 aromatic heterocycles. The number of rotatable bonds is 4. The first-order valence-corrected chi connectivity index (χ1v) is 9.76. The predicted octanol–water partition coefficient (Wildman–Crippen LogP) is 3.06. The zero-order valence-corrected chi connectivity index (χ0v) is 14.5. The average molecular weight is 378 g/mol. The molecule has 4 rings (SSSR count). The van der Waals surface area contributed by atoms with Gasteiger partial charge in [-0.15, -0.1) is 0 Å². The maximum absolute atomic E-state index is 13.8. The molecule has 1 heterocycles. The lowest BCUT2D eigenvalue weighted by Crippen LogP contribution is -2.30. The Morgan fingerprint density at radius 3 is 2.58 bits per heavy atom. The number of carbonyl (C=O) groups excluding carboxylic acids is 1. The zero-order chi connectivity index (χ0) is 18.5. The molecule has 1 saturated carbocycles. The van der Waals surface area contributed by atoms with E-state index in [1.807, 2.05) is 0 Å². The third kappa shape index (κ3) is 3.05. The van der Waals surface area contributed by atoms with Crippen molar-refractivity contribution in [3.8, 4) is 0 Å². The maximum Gasteiger partial charge on any atom is 0.264 e. The smallest absolute Gasteiger partial charge is 0.264 e. The molecule has 2 aromatic rings. The van der Waals surface area contributed by atoms with E-state index < -0.39 is 26.6 Å². The van der Waals surface area contributed by atoms with Gasteiger partial charge in [0.2, 0.25) is 5.91 Å². The number of hydrogen-bond donors (Lipinski definition) is 1. The molecule has 1 N–H and O–H groups in total. The van der Waals surface area contributed by atoms with Gasteiger partial charge >= 0.3 is 0 Å². The van der Waals surface area contributed by atoms with Crippen molar-refractivity contribution in [1.82, 2.24) is 0 Å². The number of anilines is 2. The molecule has 0 atom stereocenters. The van der Waals surface area contributed by atoms with Crippen LogP contribution in [0.3, 0.4) is 0 Å². The summed E-state index contributed by atoms with van der Waals surface area (Å²) in [6.45, 7) is 0.577. The van der Waals surface area contributed by atoms with E-state index >= 15 is 0 Å². The number of amides is 1. The van der Waals surface area contributed by atoms with Crippen LogP contribution in [0, 0.1) is 17.6 Å². The van der Waals surface area contributed by atoms with Crippen LogP contribution in [0.5, 0.6) is 0 Å². The largest absolute Gasteiger partial charge is 0.312 e. The van der Waals surface area contributed by atoms with Crippen molar-refractivity contribution >= 4 is 27.3 Å². The molecule has 0 radical (unpaired) electrons. The van der Waals surface area contributed by atoms with Crippen molar-refractivity contribution in [2.75, 3.05) is 16.2 Å². The number of hydrogen-bond acceptors (Lipinski definition) is 3. The Hall–Kier alpha value is -2.48. The Morgan fingerprint density at radius 1 is 1.12 bits per heavy atom. The van der Waals surface area contributed by atoms with Crippen molar-refractivity contribution in [2.45, 2.75) is 24.2 Å². The highest BCUT2D eigenvalue weighted by atomic mass is 32.2. The number of benzene rings is 2.